The van der Waals surface area contributed by atoms with Crippen molar-refractivity contribution in [1.82, 2.24) is 9.88 Å². The summed E-state index contributed by atoms with van der Waals surface area (Å²) in [5.74, 6) is 1.68. The van der Waals surface area contributed by atoms with Crippen LogP contribution >= 0.6 is 0 Å². The van der Waals surface area contributed by atoms with Gasteiger partial charge in [-0.2, -0.15) is 0 Å². The zero-order chi connectivity index (χ0) is 20.2. The van der Waals surface area contributed by atoms with Crippen LogP contribution in [0.2, 0.25) is 0 Å². The fourth-order valence-electron chi connectivity index (χ4n) is 3.82. The van der Waals surface area contributed by atoms with E-state index in [0.29, 0.717) is 6.42 Å². The molecule has 29 heavy (non-hydrogen) atoms. The van der Waals surface area contributed by atoms with Gasteiger partial charge < -0.3 is 14.4 Å². The fraction of sp³-hybridized carbons (Fsp3) is 0.333. The Kier molecular flexibility index (Phi) is 5.65. The Balaban J connectivity index is 1.50. The highest BCUT2D eigenvalue weighted by Gasteiger charge is 2.24. The van der Waals surface area contributed by atoms with E-state index in [2.05, 4.69) is 35.3 Å². The number of fused-ring (bicyclic) bond motifs is 1. The van der Waals surface area contributed by atoms with Crippen molar-refractivity contribution in [2.75, 3.05) is 20.2 Å². The minimum Gasteiger partial charge on any atom is -0.493 e. The van der Waals surface area contributed by atoms with Crippen LogP contribution in [0, 0.1) is 0 Å². The molecule has 3 aromatic rings. The summed E-state index contributed by atoms with van der Waals surface area (Å²) < 4.78 is 11.8. The summed E-state index contributed by atoms with van der Waals surface area (Å²) in [6.07, 6.45) is 4.15. The van der Waals surface area contributed by atoms with Crippen LogP contribution in [0.3, 0.4) is 0 Å². The van der Waals surface area contributed by atoms with Gasteiger partial charge in [-0.25, -0.2) is 0 Å². The lowest BCUT2D eigenvalue weighted by molar-refractivity contribution is -0.132. The molecule has 2 aromatic carbocycles. The predicted molar refractivity (Wildman–Crippen MR) is 114 cm³/mol. The smallest absolute Gasteiger partial charge is 0.222 e. The van der Waals surface area contributed by atoms with Gasteiger partial charge in [0.15, 0.2) is 11.5 Å². The maximum atomic E-state index is 11.8. The SMILES string of the molecule is CCC(=O)N1CCC(Oc2ccc(-c3ccc4cccnc4c3)cc2OC)CC1. The van der Waals surface area contributed by atoms with Crippen molar-refractivity contribution in [3.8, 4) is 22.6 Å². The first-order valence-electron chi connectivity index (χ1n) is 10.2. The van der Waals surface area contributed by atoms with E-state index in [-0.39, 0.29) is 12.0 Å². The monoisotopic (exact) mass is 390 g/mol. The Labute approximate surface area is 171 Å². The highest BCUT2D eigenvalue weighted by Crippen LogP contribution is 2.35. The zero-order valence-electron chi connectivity index (χ0n) is 16.9. The van der Waals surface area contributed by atoms with E-state index in [4.69, 9.17) is 9.47 Å². The third-order valence-corrected chi connectivity index (χ3v) is 5.49. The second-order valence-electron chi connectivity index (χ2n) is 7.33. The van der Waals surface area contributed by atoms with E-state index in [1.165, 1.54) is 0 Å². The number of hydrogen-bond donors (Lipinski definition) is 0. The molecule has 1 aliphatic heterocycles. The molecule has 5 nitrogen and oxygen atoms in total. The van der Waals surface area contributed by atoms with E-state index >= 15 is 0 Å². The van der Waals surface area contributed by atoms with Gasteiger partial charge in [0.25, 0.3) is 0 Å². The number of pyridine rings is 1. The van der Waals surface area contributed by atoms with Crippen molar-refractivity contribution in [3.63, 3.8) is 0 Å². The lowest BCUT2D eigenvalue weighted by atomic mass is 10.0. The first-order valence-corrected chi connectivity index (χ1v) is 10.2. The number of ether oxygens (including phenoxy) is 2. The Morgan fingerprint density at radius 1 is 1.07 bits per heavy atom. The average Bonchev–Trinajstić information content (AvgIpc) is 2.79. The van der Waals surface area contributed by atoms with E-state index in [0.717, 1.165) is 59.5 Å². The van der Waals surface area contributed by atoms with Crippen LogP contribution in [0.5, 0.6) is 11.5 Å². The second-order valence-corrected chi connectivity index (χ2v) is 7.33. The van der Waals surface area contributed by atoms with E-state index in [9.17, 15) is 4.79 Å². The number of likely N-dealkylation sites (tertiary alicyclic amines) is 1. The molecular formula is C24H26N2O3. The topological polar surface area (TPSA) is 51.7 Å². The van der Waals surface area contributed by atoms with Crippen LogP contribution in [0.25, 0.3) is 22.0 Å². The Bertz CT molecular complexity index is 1010. The molecule has 0 unspecified atom stereocenters. The van der Waals surface area contributed by atoms with Gasteiger partial charge in [0.1, 0.15) is 6.10 Å². The number of rotatable bonds is 5. The summed E-state index contributed by atoms with van der Waals surface area (Å²) in [6.45, 7) is 3.41. The van der Waals surface area contributed by atoms with Crippen LogP contribution in [-0.4, -0.2) is 42.1 Å². The standard InChI is InChI=1S/C24H26N2O3/c1-3-24(27)26-13-10-20(11-14-26)29-22-9-8-19(16-23(22)28-2)18-7-6-17-5-4-12-25-21(17)15-18/h4-9,12,15-16,20H,3,10-11,13-14H2,1-2H3. The summed E-state index contributed by atoms with van der Waals surface area (Å²) in [6, 6.07) is 16.3. The fourth-order valence-corrected chi connectivity index (χ4v) is 3.82. The lowest BCUT2D eigenvalue weighted by Gasteiger charge is -2.32. The van der Waals surface area contributed by atoms with E-state index in [1.54, 1.807) is 7.11 Å². The zero-order valence-corrected chi connectivity index (χ0v) is 16.9. The maximum absolute atomic E-state index is 11.8. The number of benzene rings is 2. The van der Waals surface area contributed by atoms with Crippen LogP contribution in [-0.2, 0) is 4.79 Å². The van der Waals surface area contributed by atoms with Crippen molar-refractivity contribution in [2.45, 2.75) is 32.3 Å². The minimum absolute atomic E-state index is 0.0977. The van der Waals surface area contributed by atoms with Gasteiger partial charge in [-0.15, -0.1) is 0 Å². The van der Waals surface area contributed by atoms with Gasteiger partial charge in [0.2, 0.25) is 5.91 Å². The molecule has 1 aliphatic rings. The molecule has 4 rings (SSSR count). The Hall–Kier alpha value is -3.08. The number of carbonyl (C=O) groups excluding carboxylic acids is 1. The van der Waals surface area contributed by atoms with Crippen LogP contribution in [0.1, 0.15) is 26.2 Å². The molecule has 2 heterocycles. The van der Waals surface area contributed by atoms with Gasteiger partial charge >= 0.3 is 0 Å². The van der Waals surface area contributed by atoms with Gasteiger partial charge in [-0.05, 0) is 35.4 Å². The van der Waals surface area contributed by atoms with Crippen molar-refractivity contribution in [1.29, 1.82) is 0 Å². The number of hydrogen-bond acceptors (Lipinski definition) is 4. The van der Waals surface area contributed by atoms with Gasteiger partial charge in [0.05, 0.1) is 12.6 Å². The number of amides is 1. The second kappa shape index (κ2) is 8.52. The first-order chi connectivity index (χ1) is 14.2. The molecule has 0 radical (unpaired) electrons. The largest absolute Gasteiger partial charge is 0.493 e. The molecule has 150 valence electrons. The summed E-state index contributed by atoms with van der Waals surface area (Å²) in [5.41, 5.74) is 3.12. The third kappa shape index (κ3) is 4.19. The maximum Gasteiger partial charge on any atom is 0.222 e. The minimum atomic E-state index is 0.0977. The summed E-state index contributed by atoms with van der Waals surface area (Å²) in [4.78, 5) is 18.2. The molecular weight excluding hydrogens is 364 g/mol. The molecule has 1 fully saturated rings. The van der Waals surface area contributed by atoms with E-state index in [1.807, 2.05) is 36.2 Å². The quantitative estimate of drug-likeness (QED) is 0.634. The van der Waals surface area contributed by atoms with Crippen LogP contribution < -0.4 is 9.47 Å². The molecule has 0 aliphatic carbocycles. The lowest BCUT2D eigenvalue weighted by Crippen LogP contribution is -2.41. The highest BCUT2D eigenvalue weighted by atomic mass is 16.5. The number of piperidine rings is 1. The molecule has 1 amide bonds. The molecule has 5 heteroatoms. The summed E-state index contributed by atoms with van der Waals surface area (Å²) >= 11 is 0. The van der Waals surface area contributed by atoms with Crippen molar-refractivity contribution in [3.05, 3.63) is 54.7 Å². The van der Waals surface area contributed by atoms with Gasteiger partial charge in [-0.3, -0.25) is 9.78 Å². The summed E-state index contributed by atoms with van der Waals surface area (Å²) in [7, 11) is 1.66. The third-order valence-electron chi connectivity index (χ3n) is 5.49. The van der Waals surface area contributed by atoms with Crippen LogP contribution in [0.4, 0.5) is 0 Å². The van der Waals surface area contributed by atoms with Crippen LogP contribution in [0.15, 0.2) is 54.7 Å². The summed E-state index contributed by atoms with van der Waals surface area (Å²) in [5, 5.41) is 1.12. The van der Waals surface area contributed by atoms with E-state index < -0.39 is 0 Å². The molecule has 1 aromatic heterocycles. The molecule has 0 atom stereocenters. The molecule has 0 spiro atoms. The number of nitrogens with zero attached hydrogens (tertiary/aromatic N) is 2. The number of carbonyl (C=O) groups is 1. The molecule has 1 saturated heterocycles. The Morgan fingerprint density at radius 3 is 2.59 bits per heavy atom. The normalized spacial score (nSPS) is 14.8. The average molecular weight is 390 g/mol. The highest BCUT2D eigenvalue weighted by molar-refractivity contribution is 5.84. The van der Waals surface area contributed by atoms with Crippen molar-refractivity contribution in [2.24, 2.45) is 0 Å². The first kappa shape index (κ1) is 19.2. The van der Waals surface area contributed by atoms with Crippen molar-refractivity contribution >= 4 is 16.8 Å². The molecule has 0 saturated carbocycles. The van der Waals surface area contributed by atoms with Gasteiger partial charge in [-0.1, -0.05) is 31.2 Å². The predicted octanol–water partition coefficient (Wildman–Crippen LogP) is 4.69. The Morgan fingerprint density at radius 2 is 1.83 bits per heavy atom. The van der Waals surface area contributed by atoms with Gasteiger partial charge in [0, 0.05) is 43.9 Å². The number of aromatic nitrogens is 1. The van der Waals surface area contributed by atoms with Crippen molar-refractivity contribution < 1.29 is 14.3 Å². The molecule has 0 N–H and O–H groups in total. The number of methoxy groups -OCH3 is 1. The molecule has 0 bridgehead atoms.